The first-order chi connectivity index (χ1) is 15.1. The number of hydrogen-bond donors (Lipinski definition) is 2. The van der Waals surface area contributed by atoms with Crippen molar-refractivity contribution in [3.05, 3.63) is 68.3 Å². The molecule has 0 aliphatic carbocycles. The normalized spacial score (nSPS) is 12.5. The van der Waals surface area contributed by atoms with Gasteiger partial charge in [-0.15, -0.1) is 0 Å². The van der Waals surface area contributed by atoms with Crippen LogP contribution in [0.25, 0.3) is 0 Å². The molecule has 0 radical (unpaired) electrons. The molecule has 13 heteroatoms. The van der Waals surface area contributed by atoms with E-state index in [1.165, 1.54) is 19.1 Å². The zero-order chi connectivity index (χ0) is 25.4. The highest BCUT2D eigenvalue weighted by molar-refractivity contribution is 6.05. The zero-order valence-corrected chi connectivity index (χ0v) is 17.2. The second-order valence-electron chi connectivity index (χ2n) is 7.09. The van der Waals surface area contributed by atoms with Gasteiger partial charge in [0.2, 0.25) is 0 Å². The number of alkyl halides is 7. The van der Waals surface area contributed by atoms with Crippen LogP contribution in [0.5, 0.6) is 0 Å². The lowest BCUT2D eigenvalue weighted by atomic mass is 9.89. The summed E-state index contributed by atoms with van der Waals surface area (Å²) in [6.45, 7) is 2.31. The van der Waals surface area contributed by atoms with Crippen LogP contribution in [0.1, 0.15) is 39.5 Å². The Balaban J connectivity index is 2.55. The third kappa shape index (κ3) is 4.77. The summed E-state index contributed by atoms with van der Waals surface area (Å²) < 4.78 is 93.2. The molecule has 3 N–H and O–H groups in total. The summed E-state index contributed by atoms with van der Waals surface area (Å²) >= 11 is 0. The number of amides is 1. The fourth-order valence-electron chi connectivity index (χ4n) is 3.24. The summed E-state index contributed by atoms with van der Waals surface area (Å²) in [7, 11) is 0. The van der Waals surface area contributed by atoms with E-state index in [-0.39, 0.29) is 40.9 Å². The molecule has 180 valence electrons. The maximum atomic E-state index is 14.5. The largest absolute Gasteiger partial charge is 0.435 e. The molecule has 2 aromatic carbocycles. The number of benzene rings is 2. The van der Waals surface area contributed by atoms with Crippen molar-refractivity contribution in [3.8, 4) is 0 Å². The van der Waals surface area contributed by atoms with Crippen LogP contribution < -0.4 is 11.1 Å². The number of hydrogen-bond acceptors (Lipinski definition) is 4. The quantitative estimate of drug-likeness (QED) is 0.325. The Kier molecular flexibility index (Phi) is 7.07. The summed E-state index contributed by atoms with van der Waals surface area (Å²) in [6, 6.07) is 4.15. The van der Waals surface area contributed by atoms with E-state index in [0.717, 1.165) is 13.0 Å². The number of aryl methyl sites for hydroxylation is 2. The average Bonchev–Trinajstić information content (AvgIpc) is 2.71. The molecular formula is C20H18F7N3O3. The summed E-state index contributed by atoms with van der Waals surface area (Å²) in [5.41, 5.74) is -2.96. The molecule has 0 spiro atoms. The monoisotopic (exact) mass is 481 g/mol. The first-order valence-electron chi connectivity index (χ1n) is 9.33. The standard InChI is InChI=1S/C20H18F7N3O3/c1-3-11-7-14(18(21,19(22,23)24)20(25,26)27)6-10(2)16(11)29-17(31)12-4-5-13(9-28)15(8-12)30(32)33/h4-8H,3,9,28H2,1-2H3,(H,29,31). The minimum absolute atomic E-state index is 0.136. The Bertz CT molecular complexity index is 1070. The zero-order valence-electron chi connectivity index (χ0n) is 17.2. The lowest BCUT2D eigenvalue weighted by Gasteiger charge is -2.31. The molecule has 0 fully saturated rings. The van der Waals surface area contributed by atoms with Gasteiger partial charge in [0.1, 0.15) is 0 Å². The molecular weight excluding hydrogens is 463 g/mol. The number of carbonyl (C=O) groups is 1. The van der Waals surface area contributed by atoms with Gasteiger partial charge in [0.05, 0.1) is 4.92 Å². The third-order valence-electron chi connectivity index (χ3n) is 4.98. The number of nitro benzene ring substituents is 1. The maximum Gasteiger partial charge on any atom is 0.435 e. The van der Waals surface area contributed by atoms with Gasteiger partial charge < -0.3 is 11.1 Å². The van der Waals surface area contributed by atoms with Crippen molar-refractivity contribution in [2.75, 3.05) is 5.32 Å². The van der Waals surface area contributed by atoms with E-state index in [4.69, 9.17) is 5.73 Å². The third-order valence-corrected chi connectivity index (χ3v) is 4.98. The Labute approximate surface area is 182 Å². The molecule has 0 bridgehead atoms. The van der Waals surface area contributed by atoms with Gasteiger partial charge in [0.15, 0.2) is 0 Å². The number of nitrogens with one attached hydrogen (secondary N) is 1. The van der Waals surface area contributed by atoms with E-state index in [1.54, 1.807) is 0 Å². The van der Waals surface area contributed by atoms with Crippen molar-refractivity contribution in [3.63, 3.8) is 0 Å². The van der Waals surface area contributed by atoms with Gasteiger partial charge in [-0.3, -0.25) is 14.9 Å². The lowest BCUT2D eigenvalue weighted by molar-refractivity contribution is -0.385. The van der Waals surface area contributed by atoms with Crippen molar-refractivity contribution in [1.29, 1.82) is 0 Å². The molecule has 0 saturated carbocycles. The molecule has 0 heterocycles. The van der Waals surface area contributed by atoms with E-state index >= 15 is 0 Å². The predicted octanol–water partition coefficient (Wildman–Crippen LogP) is 5.47. The number of anilines is 1. The molecule has 1 amide bonds. The van der Waals surface area contributed by atoms with Crippen LogP contribution in [0.4, 0.5) is 42.1 Å². The van der Waals surface area contributed by atoms with Gasteiger partial charge in [0.25, 0.3) is 11.6 Å². The molecule has 0 aliphatic heterocycles. The highest BCUT2D eigenvalue weighted by atomic mass is 19.4. The van der Waals surface area contributed by atoms with Crippen molar-refractivity contribution in [1.82, 2.24) is 0 Å². The number of rotatable bonds is 6. The first kappa shape index (κ1) is 26.0. The number of nitrogens with two attached hydrogens (primary N) is 1. The summed E-state index contributed by atoms with van der Waals surface area (Å²) in [6.07, 6.45) is -12.7. The number of nitro groups is 1. The molecule has 0 aromatic heterocycles. The van der Waals surface area contributed by atoms with Crippen LogP contribution in [0.3, 0.4) is 0 Å². The van der Waals surface area contributed by atoms with Gasteiger partial charge >= 0.3 is 18.0 Å². The highest BCUT2D eigenvalue weighted by Crippen LogP contribution is 2.53. The fraction of sp³-hybridized carbons (Fsp3) is 0.350. The predicted molar refractivity (Wildman–Crippen MR) is 104 cm³/mol. The van der Waals surface area contributed by atoms with Gasteiger partial charge in [0, 0.05) is 35.0 Å². The van der Waals surface area contributed by atoms with Crippen LogP contribution >= 0.6 is 0 Å². The van der Waals surface area contributed by atoms with Crippen LogP contribution in [0, 0.1) is 17.0 Å². The van der Waals surface area contributed by atoms with Crippen LogP contribution in [0.15, 0.2) is 30.3 Å². The van der Waals surface area contributed by atoms with Gasteiger partial charge in [-0.05, 0) is 36.6 Å². The van der Waals surface area contributed by atoms with Crippen molar-refractivity contribution in [2.24, 2.45) is 5.73 Å². The number of carbonyl (C=O) groups excluding carboxylic acids is 1. The van der Waals surface area contributed by atoms with Crippen LogP contribution in [0.2, 0.25) is 0 Å². The van der Waals surface area contributed by atoms with Crippen LogP contribution in [-0.4, -0.2) is 23.2 Å². The Hall–Kier alpha value is -3.22. The van der Waals surface area contributed by atoms with E-state index in [2.05, 4.69) is 5.32 Å². The second-order valence-corrected chi connectivity index (χ2v) is 7.09. The van der Waals surface area contributed by atoms with Gasteiger partial charge in [-0.2, -0.15) is 26.3 Å². The van der Waals surface area contributed by atoms with E-state index < -0.39 is 40.1 Å². The number of nitrogens with zero attached hydrogens (tertiary/aromatic N) is 1. The van der Waals surface area contributed by atoms with Gasteiger partial charge in [-0.1, -0.05) is 19.1 Å². The minimum Gasteiger partial charge on any atom is -0.326 e. The number of halogens is 7. The molecule has 0 aliphatic rings. The van der Waals surface area contributed by atoms with Crippen molar-refractivity contribution in [2.45, 2.75) is 44.8 Å². The first-order valence-corrected chi connectivity index (χ1v) is 9.33. The molecule has 0 saturated heterocycles. The average molecular weight is 481 g/mol. The Morgan fingerprint density at radius 1 is 1.03 bits per heavy atom. The smallest absolute Gasteiger partial charge is 0.326 e. The molecule has 0 unspecified atom stereocenters. The molecule has 6 nitrogen and oxygen atoms in total. The molecule has 2 aromatic rings. The highest BCUT2D eigenvalue weighted by Gasteiger charge is 2.73. The van der Waals surface area contributed by atoms with Gasteiger partial charge in [-0.25, -0.2) is 4.39 Å². The van der Waals surface area contributed by atoms with E-state index in [0.29, 0.717) is 12.1 Å². The van der Waals surface area contributed by atoms with Crippen molar-refractivity contribution < 1.29 is 40.5 Å². The molecule has 2 rings (SSSR count). The summed E-state index contributed by atoms with van der Waals surface area (Å²) in [4.78, 5) is 23.0. The minimum atomic E-state index is -6.28. The van der Waals surface area contributed by atoms with Crippen LogP contribution in [-0.2, 0) is 18.6 Å². The van der Waals surface area contributed by atoms with E-state index in [9.17, 15) is 45.6 Å². The topological polar surface area (TPSA) is 98.3 Å². The van der Waals surface area contributed by atoms with E-state index in [1.807, 2.05) is 0 Å². The summed E-state index contributed by atoms with van der Waals surface area (Å²) in [5.74, 6) is -0.912. The molecule has 0 atom stereocenters. The SMILES string of the molecule is CCc1cc(C(F)(C(F)(F)F)C(F)(F)F)cc(C)c1NC(=O)c1ccc(CN)c([N+](=O)[O-])c1. The fourth-order valence-corrected chi connectivity index (χ4v) is 3.24. The molecule has 33 heavy (non-hydrogen) atoms. The Morgan fingerprint density at radius 2 is 1.61 bits per heavy atom. The van der Waals surface area contributed by atoms with Crippen molar-refractivity contribution >= 4 is 17.3 Å². The summed E-state index contributed by atoms with van der Waals surface area (Å²) in [5, 5.41) is 13.5. The second kappa shape index (κ2) is 8.96. The maximum absolute atomic E-state index is 14.5. The lowest BCUT2D eigenvalue weighted by Crippen LogP contribution is -2.50. The Morgan fingerprint density at radius 3 is 2.06 bits per heavy atom.